The Hall–Kier alpha value is -2.54. The first-order valence-corrected chi connectivity index (χ1v) is 7.32. The second-order valence-corrected chi connectivity index (χ2v) is 5.49. The number of nitrogens with zero attached hydrogens (tertiary/aromatic N) is 3. The van der Waals surface area contributed by atoms with E-state index in [1.807, 2.05) is 6.07 Å². The van der Waals surface area contributed by atoms with Crippen molar-refractivity contribution >= 4 is 33.4 Å². The van der Waals surface area contributed by atoms with Crippen LogP contribution < -0.4 is 10.2 Å². The highest BCUT2D eigenvalue weighted by atomic mass is 79.9. The van der Waals surface area contributed by atoms with E-state index in [9.17, 15) is 4.79 Å². The van der Waals surface area contributed by atoms with Crippen LogP contribution in [0.1, 0.15) is 5.56 Å². The van der Waals surface area contributed by atoms with Crippen molar-refractivity contribution in [2.45, 2.75) is 0 Å². The topological polar surface area (TPSA) is 82.0 Å². The third-order valence-corrected chi connectivity index (χ3v) is 3.62. The molecule has 1 aliphatic rings. The first kappa shape index (κ1) is 14.4. The summed E-state index contributed by atoms with van der Waals surface area (Å²) in [6.07, 6.45) is 6.54. The van der Waals surface area contributed by atoms with Crippen LogP contribution in [0.5, 0.6) is 0 Å². The first-order valence-electron chi connectivity index (χ1n) is 6.53. The Labute approximate surface area is 135 Å². The summed E-state index contributed by atoms with van der Waals surface area (Å²) in [5.41, 5.74) is 2.37. The normalized spacial score (nSPS) is 16.0. The molecule has 1 saturated heterocycles. The number of hydrogen-bond acceptors (Lipinski definition) is 4. The Kier molecular flexibility index (Phi) is 3.97. The molecule has 0 bridgehead atoms. The van der Waals surface area contributed by atoms with E-state index in [0.29, 0.717) is 28.1 Å². The number of allylic oxidation sites excluding steroid dienone is 1. The summed E-state index contributed by atoms with van der Waals surface area (Å²) in [5, 5.41) is 10.9. The molecule has 3 rings (SSSR count). The molecule has 0 radical (unpaired) electrons. The average molecular weight is 358 g/mol. The minimum absolute atomic E-state index is 0.221. The molecule has 2 aromatic heterocycles. The molecular weight excluding hydrogens is 346 g/mol. The van der Waals surface area contributed by atoms with Crippen molar-refractivity contribution in [3.05, 3.63) is 64.8 Å². The molecule has 1 fully saturated rings. The summed E-state index contributed by atoms with van der Waals surface area (Å²) >= 11 is 3.26. The largest absolute Gasteiger partial charge is 0.326 e. The molecule has 3 heterocycles. The predicted molar refractivity (Wildman–Crippen MR) is 87.0 cm³/mol. The van der Waals surface area contributed by atoms with Crippen molar-refractivity contribution in [3.63, 3.8) is 0 Å². The maximum absolute atomic E-state index is 12.0. The van der Waals surface area contributed by atoms with Crippen LogP contribution in [0.2, 0.25) is 0 Å². The van der Waals surface area contributed by atoms with Crippen LogP contribution in [0.25, 0.3) is 0 Å². The van der Waals surface area contributed by atoms with Gasteiger partial charge in [-0.3, -0.25) is 9.88 Å². The van der Waals surface area contributed by atoms with Crippen LogP contribution >= 0.6 is 15.9 Å². The molecule has 0 spiro atoms. The van der Waals surface area contributed by atoms with Crippen molar-refractivity contribution in [2.24, 2.45) is 0 Å². The highest BCUT2D eigenvalue weighted by Crippen LogP contribution is 2.18. The number of hydrogen-bond donors (Lipinski definition) is 2. The number of aromatic nitrogens is 2. The minimum atomic E-state index is -0.221. The molecule has 110 valence electrons. The molecule has 22 heavy (non-hydrogen) atoms. The number of carbonyl (C=O) groups excluding carboxylic acids is 1. The smallest absolute Gasteiger partial charge is 0.309 e. The fourth-order valence-electron chi connectivity index (χ4n) is 2.08. The van der Waals surface area contributed by atoms with E-state index in [1.165, 1.54) is 0 Å². The Balaban J connectivity index is 1.78. The number of urea groups is 1. The number of carbonyl (C=O) groups is 1. The Morgan fingerprint density at radius 1 is 1.36 bits per heavy atom. The molecular formula is C15H12BrN5O. The molecule has 0 aromatic carbocycles. The molecule has 2 N–H and O–H groups in total. The van der Waals surface area contributed by atoms with Gasteiger partial charge in [0.1, 0.15) is 4.60 Å². The van der Waals surface area contributed by atoms with E-state index >= 15 is 0 Å². The van der Waals surface area contributed by atoms with Gasteiger partial charge in [0.15, 0.2) is 0 Å². The van der Waals surface area contributed by atoms with Crippen LogP contribution in [-0.2, 0) is 0 Å². The van der Waals surface area contributed by atoms with Gasteiger partial charge in [0.05, 0.1) is 24.1 Å². The SMILES string of the molecule is N=C(/C=C1/CN(c2cccnc2)C(=O)N1)c1ccc(Br)nc1. The Bertz CT molecular complexity index is 742. The fourth-order valence-corrected chi connectivity index (χ4v) is 2.32. The predicted octanol–water partition coefficient (Wildman–Crippen LogP) is 2.72. The van der Waals surface area contributed by atoms with Crippen molar-refractivity contribution in [1.29, 1.82) is 5.41 Å². The molecule has 0 saturated carbocycles. The van der Waals surface area contributed by atoms with Gasteiger partial charge in [-0.25, -0.2) is 9.78 Å². The first-order chi connectivity index (χ1) is 10.6. The Morgan fingerprint density at radius 2 is 2.23 bits per heavy atom. The third-order valence-electron chi connectivity index (χ3n) is 3.16. The number of anilines is 1. The zero-order valence-corrected chi connectivity index (χ0v) is 13.0. The molecule has 2 amide bonds. The van der Waals surface area contributed by atoms with E-state index in [2.05, 4.69) is 31.2 Å². The van der Waals surface area contributed by atoms with Gasteiger partial charge < -0.3 is 10.7 Å². The van der Waals surface area contributed by atoms with Crippen molar-refractivity contribution in [3.8, 4) is 0 Å². The standard InChI is InChI=1S/C15H12BrN5O/c16-14-4-3-10(7-19-14)13(17)6-11-9-21(15(22)20-11)12-2-1-5-18-8-12/h1-8,17H,9H2,(H,20,22)/b11-6-,17-13?. The lowest BCUT2D eigenvalue weighted by molar-refractivity contribution is 0.252. The van der Waals surface area contributed by atoms with Crippen LogP contribution in [0.4, 0.5) is 10.5 Å². The second kappa shape index (κ2) is 6.07. The average Bonchev–Trinajstić information content (AvgIpc) is 2.89. The van der Waals surface area contributed by atoms with Gasteiger partial charge in [0.2, 0.25) is 0 Å². The van der Waals surface area contributed by atoms with Gasteiger partial charge in [0, 0.05) is 23.7 Å². The molecule has 6 nitrogen and oxygen atoms in total. The van der Waals surface area contributed by atoms with E-state index in [1.54, 1.807) is 47.8 Å². The van der Waals surface area contributed by atoms with Gasteiger partial charge in [-0.1, -0.05) is 0 Å². The number of halogens is 1. The monoisotopic (exact) mass is 357 g/mol. The maximum Gasteiger partial charge on any atom is 0.326 e. The second-order valence-electron chi connectivity index (χ2n) is 4.68. The van der Waals surface area contributed by atoms with Crippen molar-refractivity contribution in [1.82, 2.24) is 15.3 Å². The van der Waals surface area contributed by atoms with E-state index < -0.39 is 0 Å². The number of pyridine rings is 2. The zero-order chi connectivity index (χ0) is 15.5. The van der Waals surface area contributed by atoms with Crippen molar-refractivity contribution in [2.75, 3.05) is 11.4 Å². The highest BCUT2D eigenvalue weighted by Gasteiger charge is 2.25. The molecule has 7 heteroatoms. The molecule has 1 aliphatic heterocycles. The summed E-state index contributed by atoms with van der Waals surface area (Å²) in [7, 11) is 0. The lowest BCUT2D eigenvalue weighted by Gasteiger charge is -2.12. The maximum atomic E-state index is 12.0. The van der Waals surface area contributed by atoms with Gasteiger partial charge in [-0.15, -0.1) is 0 Å². The zero-order valence-electron chi connectivity index (χ0n) is 11.5. The van der Waals surface area contributed by atoms with Crippen LogP contribution in [-0.4, -0.2) is 28.3 Å². The Morgan fingerprint density at radius 3 is 2.91 bits per heavy atom. The number of nitrogens with one attached hydrogen (secondary N) is 2. The number of amides is 2. The molecule has 0 unspecified atom stereocenters. The summed E-state index contributed by atoms with van der Waals surface area (Å²) in [6, 6.07) is 6.95. The van der Waals surface area contributed by atoms with Crippen molar-refractivity contribution < 1.29 is 4.79 Å². The minimum Gasteiger partial charge on any atom is -0.309 e. The number of rotatable bonds is 3. The molecule has 2 aromatic rings. The van der Waals surface area contributed by atoms with Crippen LogP contribution in [0, 0.1) is 5.41 Å². The lowest BCUT2D eigenvalue weighted by Crippen LogP contribution is -2.27. The lowest BCUT2D eigenvalue weighted by atomic mass is 10.1. The van der Waals surface area contributed by atoms with E-state index in [-0.39, 0.29) is 6.03 Å². The quantitative estimate of drug-likeness (QED) is 0.654. The van der Waals surface area contributed by atoms with Crippen LogP contribution in [0.15, 0.2) is 59.2 Å². The van der Waals surface area contributed by atoms with E-state index in [4.69, 9.17) is 5.41 Å². The fraction of sp³-hybridized carbons (Fsp3) is 0.0667. The summed E-state index contributed by atoms with van der Waals surface area (Å²) in [5.74, 6) is 0. The molecule has 0 atom stereocenters. The van der Waals surface area contributed by atoms with Gasteiger partial charge in [-0.2, -0.15) is 0 Å². The van der Waals surface area contributed by atoms with Gasteiger partial charge >= 0.3 is 6.03 Å². The van der Waals surface area contributed by atoms with E-state index in [0.717, 1.165) is 5.69 Å². The van der Waals surface area contributed by atoms with Gasteiger partial charge in [-0.05, 0) is 46.3 Å². The third kappa shape index (κ3) is 3.04. The van der Waals surface area contributed by atoms with Crippen LogP contribution in [0.3, 0.4) is 0 Å². The summed E-state index contributed by atoms with van der Waals surface area (Å²) in [4.78, 5) is 21.7. The summed E-state index contributed by atoms with van der Waals surface area (Å²) in [6.45, 7) is 0.386. The van der Waals surface area contributed by atoms with Gasteiger partial charge in [0.25, 0.3) is 0 Å². The highest BCUT2D eigenvalue weighted by molar-refractivity contribution is 9.10. The summed E-state index contributed by atoms with van der Waals surface area (Å²) < 4.78 is 0.716. The molecule has 0 aliphatic carbocycles.